The van der Waals surface area contributed by atoms with Crippen LogP contribution in [0, 0.1) is 0 Å². The maximum Gasteiger partial charge on any atom is 0.306 e. The van der Waals surface area contributed by atoms with Gasteiger partial charge in [0.15, 0.2) is 6.10 Å². The summed E-state index contributed by atoms with van der Waals surface area (Å²) < 4.78 is 16.8. The minimum Gasteiger partial charge on any atom is -0.462 e. The molecule has 372 valence electrons. The first kappa shape index (κ1) is 61.6. The topological polar surface area (TPSA) is 78.9 Å². The molecule has 6 nitrogen and oxygen atoms in total. The van der Waals surface area contributed by atoms with Crippen LogP contribution in [0.25, 0.3) is 0 Å². The first-order valence-corrected chi connectivity index (χ1v) is 27.1. The van der Waals surface area contributed by atoms with E-state index in [0.29, 0.717) is 19.3 Å². The summed E-state index contributed by atoms with van der Waals surface area (Å²) in [6.07, 6.45) is 68.6. The van der Waals surface area contributed by atoms with E-state index in [0.717, 1.165) is 109 Å². The summed E-state index contributed by atoms with van der Waals surface area (Å²) in [7, 11) is 0. The molecule has 1 unspecified atom stereocenters. The Bertz CT molecular complexity index is 1270. The number of rotatable bonds is 48. The van der Waals surface area contributed by atoms with Gasteiger partial charge in [0.2, 0.25) is 0 Å². The quantitative estimate of drug-likeness (QED) is 0.0262. The molecule has 0 saturated heterocycles. The number of allylic oxidation sites excluding steroid dienone is 14. The third kappa shape index (κ3) is 51.4. The van der Waals surface area contributed by atoms with E-state index >= 15 is 0 Å². The van der Waals surface area contributed by atoms with Gasteiger partial charge in [-0.15, -0.1) is 0 Å². The molecule has 0 bridgehead atoms. The zero-order valence-electron chi connectivity index (χ0n) is 42.5. The largest absolute Gasteiger partial charge is 0.462 e. The molecule has 0 N–H and O–H groups in total. The van der Waals surface area contributed by atoms with Crippen LogP contribution in [0.3, 0.4) is 0 Å². The number of hydrogen-bond acceptors (Lipinski definition) is 6. The van der Waals surface area contributed by atoms with Crippen molar-refractivity contribution in [1.82, 2.24) is 0 Å². The molecular weight excluding hydrogens is 805 g/mol. The molecule has 0 saturated carbocycles. The van der Waals surface area contributed by atoms with Crippen LogP contribution in [-0.4, -0.2) is 37.2 Å². The van der Waals surface area contributed by atoms with Crippen LogP contribution in [0.1, 0.15) is 252 Å². The highest BCUT2D eigenvalue weighted by Gasteiger charge is 2.19. The van der Waals surface area contributed by atoms with Gasteiger partial charge in [0.25, 0.3) is 0 Å². The van der Waals surface area contributed by atoms with Gasteiger partial charge in [-0.3, -0.25) is 14.4 Å². The first-order valence-electron chi connectivity index (χ1n) is 27.1. The van der Waals surface area contributed by atoms with Crippen LogP contribution in [0.4, 0.5) is 0 Å². The summed E-state index contributed by atoms with van der Waals surface area (Å²) in [5.41, 5.74) is 0. The van der Waals surface area contributed by atoms with Crippen molar-refractivity contribution >= 4 is 17.9 Å². The standard InChI is InChI=1S/C59H100O6/c1-4-7-10-13-16-19-22-25-27-28-29-30-32-34-37-40-43-46-49-52-58(61)64-55-56(54-63-57(60)51-48-45-42-39-36-33-24-21-18-15-12-9-6-3)65-59(62)53-50-47-44-41-38-35-31-26-23-20-17-14-11-8-5-2/h8,11-12,15,17,20-21,24-27,31,38,41,56H,4-7,9-10,13-14,16,18-19,22-23,28-30,32-37,39-40,42-55H2,1-3H3/b11-8-,15-12-,20-17-,24-21-,27-25-,31-26-,41-38-. The Labute approximate surface area is 401 Å². The van der Waals surface area contributed by atoms with Gasteiger partial charge < -0.3 is 14.2 Å². The number of unbranched alkanes of at least 4 members (excludes halogenated alkanes) is 23. The Morgan fingerprint density at radius 3 is 1.05 bits per heavy atom. The van der Waals surface area contributed by atoms with Crippen LogP contribution >= 0.6 is 0 Å². The average Bonchev–Trinajstić information content (AvgIpc) is 3.30. The molecule has 0 heterocycles. The summed E-state index contributed by atoms with van der Waals surface area (Å²) in [5, 5.41) is 0. The lowest BCUT2D eigenvalue weighted by Crippen LogP contribution is -2.30. The molecule has 0 spiro atoms. The number of hydrogen-bond donors (Lipinski definition) is 0. The maximum atomic E-state index is 12.8. The van der Waals surface area contributed by atoms with Gasteiger partial charge in [0.1, 0.15) is 13.2 Å². The smallest absolute Gasteiger partial charge is 0.306 e. The van der Waals surface area contributed by atoms with E-state index in [4.69, 9.17) is 14.2 Å². The number of carbonyl (C=O) groups excluding carboxylic acids is 3. The molecule has 0 radical (unpaired) electrons. The van der Waals surface area contributed by atoms with Gasteiger partial charge in [0.05, 0.1) is 0 Å². The Hall–Kier alpha value is -3.41. The predicted molar refractivity (Wildman–Crippen MR) is 279 cm³/mol. The second-order valence-corrected chi connectivity index (χ2v) is 17.7. The second kappa shape index (κ2) is 53.2. The van der Waals surface area contributed by atoms with E-state index < -0.39 is 6.10 Å². The monoisotopic (exact) mass is 905 g/mol. The zero-order valence-corrected chi connectivity index (χ0v) is 42.5. The highest BCUT2D eigenvalue weighted by molar-refractivity contribution is 5.71. The predicted octanol–water partition coefficient (Wildman–Crippen LogP) is 18.0. The van der Waals surface area contributed by atoms with Crippen LogP contribution < -0.4 is 0 Å². The molecule has 6 heteroatoms. The maximum absolute atomic E-state index is 12.8. The average molecular weight is 905 g/mol. The Kier molecular flexibility index (Phi) is 50.4. The summed E-state index contributed by atoms with van der Waals surface area (Å²) in [6, 6.07) is 0. The molecule has 65 heavy (non-hydrogen) atoms. The molecule has 1 atom stereocenters. The lowest BCUT2D eigenvalue weighted by atomic mass is 10.1. The molecule has 0 aromatic heterocycles. The lowest BCUT2D eigenvalue weighted by molar-refractivity contribution is -0.167. The normalized spacial score (nSPS) is 12.7. The summed E-state index contributed by atoms with van der Waals surface area (Å²) in [5.74, 6) is -0.957. The number of carbonyl (C=O) groups is 3. The van der Waals surface area contributed by atoms with Gasteiger partial charge in [-0.05, 0) is 109 Å². The van der Waals surface area contributed by atoms with Crippen molar-refractivity contribution in [2.75, 3.05) is 13.2 Å². The van der Waals surface area contributed by atoms with E-state index in [9.17, 15) is 14.4 Å². The Morgan fingerprint density at radius 2 is 0.631 bits per heavy atom. The Balaban J connectivity index is 4.43. The van der Waals surface area contributed by atoms with E-state index in [1.165, 1.54) is 96.3 Å². The number of ether oxygens (including phenoxy) is 3. The third-order valence-electron chi connectivity index (χ3n) is 11.3. The van der Waals surface area contributed by atoms with Crippen molar-refractivity contribution < 1.29 is 28.6 Å². The third-order valence-corrected chi connectivity index (χ3v) is 11.3. The van der Waals surface area contributed by atoms with Gasteiger partial charge in [-0.25, -0.2) is 0 Å². The molecule has 0 aromatic carbocycles. The second-order valence-electron chi connectivity index (χ2n) is 17.7. The van der Waals surface area contributed by atoms with Crippen LogP contribution in [0.2, 0.25) is 0 Å². The van der Waals surface area contributed by atoms with Crippen molar-refractivity contribution in [3.05, 3.63) is 85.1 Å². The number of esters is 3. The fraction of sp³-hybridized carbons (Fsp3) is 0.712. The van der Waals surface area contributed by atoms with Crippen molar-refractivity contribution in [2.24, 2.45) is 0 Å². The molecule has 0 rings (SSSR count). The minimum absolute atomic E-state index is 0.0990. The lowest BCUT2D eigenvalue weighted by Gasteiger charge is -2.18. The molecule has 0 aliphatic heterocycles. The molecule has 0 amide bonds. The van der Waals surface area contributed by atoms with Crippen LogP contribution in [0.5, 0.6) is 0 Å². The van der Waals surface area contributed by atoms with E-state index in [-0.39, 0.29) is 37.5 Å². The fourth-order valence-corrected chi connectivity index (χ4v) is 7.29. The summed E-state index contributed by atoms with van der Waals surface area (Å²) in [6.45, 7) is 6.41. The van der Waals surface area contributed by atoms with Crippen molar-refractivity contribution in [3.8, 4) is 0 Å². The zero-order chi connectivity index (χ0) is 47.2. The van der Waals surface area contributed by atoms with Crippen LogP contribution in [-0.2, 0) is 28.6 Å². The molecule has 0 aliphatic rings. The Morgan fingerprint density at radius 1 is 0.323 bits per heavy atom. The van der Waals surface area contributed by atoms with E-state index in [1.54, 1.807) is 0 Å². The van der Waals surface area contributed by atoms with E-state index in [1.807, 2.05) is 0 Å². The minimum atomic E-state index is -0.805. The van der Waals surface area contributed by atoms with Gasteiger partial charge in [-0.1, -0.05) is 209 Å². The van der Waals surface area contributed by atoms with Gasteiger partial charge >= 0.3 is 17.9 Å². The van der Waals surface area contributed by atoms with Crippen molar-refractivity contribution in [3.63, 3.8) is 0 Å². The molecule has 0 fully saturated rings. The highest BCUT2D eigenvalue weighted by atomic mass is 16.6. The highest BCUT2D eigenvalue weighted by Crippen LogP contribution is 2.14. The SMILES string of the molecule is CC/C=C\C/C=C\C/C=C\C/C=C\CCCCC(=O)OC(COC(=O)CCCCCCC/C=C\C/C=C\CCC)COC(=O)CCCCCCCCCCC/C=C\CCCCCCCC. The van der Waals surface area contributed by atoms with E-state index in [2.05, 4.69) is 106 Å². The first-order chi connectivity index (χ1) is 32.0. The van der Waals surface area contributed by atoms with Crippen LogP contribution in [0.15, 0.2) is 85.1 Å². The van der Waals surface area contributed by atoms with Gasteiger partial charge in [0, 0.05) is 19.3 Å². The summed E-state index contributed by atoms with van der Waals surface area (Å²) >= 11 is 0. The van der Waals surface area contributed by atoms with Crippen molar-refractivity contribution in [2.45, 2.75) is 258 Å². The molecular formula is C59H100O6. The molecule has 0 aromatic rings. The van der Waals surface area contributed by atoms with Gasteiger partial charge in [-0.2, -0.15) is 0 Å². The van der Waals surface area contributed by atoms with Crippen molar-refractivity contribution in [1.29, 1.82) is 0 Å². The molecule has 0 aliphatic carbocycles. The summed E-state index contributed by atoms with van der Waals surface area (Å²) in [4.78, 5) is 38.0. The fourth-order valence-electron chi connectivity index (χ4n) is 7.29.